The van der Waals surface area contributed by atoms with Crippen LogP contribution in [0.5, 0.6) is 0 Å². The van der Waals surface area contributed by atoms with Gasteiger partial charge >= 0.3 is 18.4 Å². The molecule has 4 nitrogen and oxygen atoms in total. The minimum atomic E-state index is -5.00. The maximum atomic E-state index is 13.2. The van der Waals surface area contributed by atoms with E-state index in [0.717, 1.165) is 36.2 Å². The van der Waals surface area contributed by atoms with Gasteiger partial charge in [0.25, 0.3) is 0 Å². The molecule has 1 aliphatic carbocycles. The molecule has 2 amide bonds. The summed E-state index contributed by atoms with van der Waals surface area (Å²) in [6.45, 7) is 1.96. The van der Waals surface area contributed by atoms with E-state index < -0.39 is 35.2 Å². The molecule has 1 aromatic heterocycles. The van der Waals surface area contributed by atoms with Gasteiger partial charge in [-0.1, -0.05) is 43.2 Å². The number of amides is 2. The van der Waals surface area contributed by atoms with Gasteiger partial charge in [0.1, 0.15) is 0 Å². The van der Waals surface area contributed by atoms with Crippen LogP contribution in [-0.4, -0.2) is 16.6 Å². The predicted octanol–water partition coefficient (Wildman–Crippen LogP) is 7.81. The molecule has 4 rings (SSSR count). The van der Waals surface area contributed by atoms with Crippen molar-refractivity contribution in [3.63, 3.8) is 0 Å². The molecule has 2 atom stereocenters. The monoisotopic (exact) mass is 509 g/mol. The zero-order chi connectivity index (χ0) is 26.1. The molecule has 1 saturated carbocycles. The molecule has 0 spiro atoms. The Bertz CT molecular complexity index is 1180. The Morgan fingerprint density at radius 3 is 2.08 bits per heavy atom. The summed E-state index contributed by atoms with van der Waals surface area (Å²) in [5, 5.41) is 4.98. The first-order chi connectivity index (χ1) is 16.9. The highest BCUT2D eigenvalue weighted by Crippen LogP contribution is 2.38. The van der Waals surface area contributed by atoms with Crippen molar-refractivity contribution in [2.45, 2.75) is 57.0 Å². The summed E-state index contributed by atoms with van der Waals surface area (Å²) in [4.78, 5) is 12.8. The van der Waals surface area contributed by atoms with Crippen LogP contribution in [-0.2, 0) is 12.4 Å². The van der Waals surface area contributed by atoms with Crippen LogP contribution < -0.4 is 10.6 Å². The zero-order valence-electron chi connectivity index (χ0n) is 19.4. The fraction of sp³-hybridized carbons (Fsp3) is 0.346. The van der Waals surface area contributed by atoms with E-state index >= 15 is 0 Å². The van der Waals surface area contributed by atoms with Crippen molar-refractivity contribution in [2.24, 2.45) is 0 Å². The number of aryl methyl sites for hydroxylation is 1. The lowest BCUT2D eigenvalue weighted by Crippen LogP contribution is -2.45. The van der Waals surface area contributed by atoms with E-state index in [4.69, 9.17) is 0 Å². The molecule has 0 radical (unpaired) electrons. The minimum Gasteiger partial charge on any atom is -0.340 e. The molecule has 10 heteroatoms. The molecule has 2 aromatic carbocycles. The number of urea groups is 1. The van der Waals surface area contributed by atoms with Crippen molar-refractivity contribution in [1.82, 2.24) is 9.88 Å². The number of anilines is 1. The lowest BCUT2D eigenvalue weighted by Gasteiger charge is -2.35. The Labute approximate surface area is 204 Å². The van der Waals surface area contributed by atoms with E-state index in [2.05, 4.69) is 15.2 Å². The third-order valence-electron chi connectivity index (χ3n) is 6.41. The van der Waals surface area contributed by atoms with Crippen LogP contribution >= 0.6 is 0 Å². The van der Waals surface area contributed by atoms with Gasteiger partial charge in [0.2, 0.25) is 0 Å². The number of hydrogen-bond donors (Lipinski definition) is 2. The Morgan fingerprint density at radius 1 is 0.861 bits per heavy atom. The highest BCUT2D eigenvalue weighted by atomic mass is 19.4. The number of halogens is 6. The average Bonchev–Trinajstić information content (AvgIpc) is 3.20. The number of carbonyl (C=O) groups excluding carboxylic acids is 1. The Morgan fingerprint density at radius 2 is 1.47 bits per heavy atom. The number of hydrogen-bond acceptors (Lipinski definition) is 1. The number of nitrogens with zero attached hydrogens (tertiary/aromatic N) is 1. The summed E-state index contributed by atoms with van der Waals surface area (Å²) in [6.07, 6.45) is -6.84. The second kappa shape index (κ2) is 9.91. The van der Waals surface area contributed by atoms with Crippen molar-refractivity contribution in [3.8, 4) is 11.3 Å². The molecule has 0 saturated heterocycles. The fourth-order valence-corrected chi connectivity index (χ4v) is 4.79. The largest absolute Gasteiger partial charge is 0.416 e. The first kappa shape index (κ1) is 25.7. The lowest BCUT2D eigenvalue weighted by molar-refractivity contribution is -0.143. The second-order valence-corrected chi connectivity index (χ2v) is 8.95. The Balaban J connectivity index is 1.58. The molecule has 36 heavy (non-hydrogen) atoms. The van der Waals surface area contributed by atoms with Crippen LogP contribution in [0.25, 0.3) is 11.3 Å². The van der Waals surface area contributed by atoms with Crippen LogP contribution in [0.2, 0.25) is 0 Å². The van der Waals surface area contributed by atoms with Crippen molar-refractivity contribution < 1.29 is 31.1 Å². The van der Waals surface area contributed by atoms with Gasteiger partial charge in [-0.25, -0.2) is 4.79 Å². The first-order valence-corrected chi connectivity index (χ1v) is 11.5. The van der Waals surface area contributed by atoms with Crippen molar-refractivity contribution >= 4 is 11.7 Å². The van der Waals surface area contributed by atoms with Gasteiger partial charge in [-0.05, 0) is 55.7 Å². The molecule has 1 fully saturated rings. The molecule has 0 aliphatic heterocycles. The average molecular weight is 509 g/mol. The lowest BCUT2D eigenvalue weighted by atomic mass is 9.89. The van der Waals surface area contributed by atoms with Crippen LogP contribution in [0.3, 0.4) is 0 Å². The number of rotatable bonds is 4. The SMILES string of the molecule is Cc1ccc(-c2ccccc2)n1[C@H]1CCCC[C@@H]1NC(=O)Nc1cc(C(F)(F)F)cc(C(F)(F)F)c1. The second-order valence-electron chi connectivity index (χ2n) is 8.95. The van der Waals surface area contributed by atoms with E-state index in [1.165, 1.54) is 0 Å². The van der Waals surface area contributed by atoms with Crippen LogP contribution in [0.1, 0.15) is 48.5 Å². The highest BCUT2D eigenvalue weighted by molar-refractivity contribution is 5.89. The topological polar surface area (TPSA) is 46.1 Å². The van der Waals surface area contributed by atoms with Crippen LogP contribution in [0, 0.1) is 6.92 Å². The van der Waals surface area contributed by atoms with Gasteiger partial charge in [-0.2, -0.15) is 26.3 Å². The minimum absolute atomic E-state index is 0.0280. The molecular formula is C26H25F6N3O. The third-order valence-corrected chi connectivity index (χ3v) is 6.41. The fourth-order valence-electron chi connectivity index (χ4n) is 4.79. The van der Waals surface area contributed by atoms with Gasteiger partial charge in [-0.3, -0.25) is 0 Å². The van der Waals surface area contributed by atoms with Crippen LogP contribution in [0.15, 0.2) is 60.7 Å². The number of carbonyl (C=O) groups is 1. The number of benzene rings is 2. The van der Waals surface area contributed by atoms with Gasteiger partial charge < -0.3 is 15.2 Å². The standard InChI is InChI=1S/C26H25F6N3O/c1-16-11-12-22(17-7-3-2-4-8-17)35(16)23-10-6-5-9-21(23)34-24(36)33-20-14-18(25(27,28)29)13-19(15-20)26(30,31)32/h2-4,7-8,11-15,21,23H,5-6,9-10H2,1H3,(H2,33,34,36)/t21-,23-/m0/s1. The van der Waals surface area contributed by atoms with Crippen LogP contribution in [0.4, 0.5) is 36.8 Å². The summed E-state index contributed by atoms with van der Waals surface area (Å²) >= 11 is 0. The van der Waals surface area contributed by atoms with Gasteiger partial charge in [0.15, 0.2) is 0 Å². The highest BCUT2D eigenvalue weighted by Gasteiger charge is 2.37. The van der Waals surface area contributed by atoms with Crippen molar-refractivity contribution in [2.75, 3.05) is 5.32 Å². The summed E-state index contributed by atoms with van der Waals surface area (Å²) in [5.41, 5.74) is -0.593. The van der Waals surface area contributed by atoms with E-state index in [-0.39, 0.29) is 18.2 Å². The molecule has 2 N–H and O–H groups in total. The molecule has 0 bridgehead atoms. The number of aromatic nitrogens is 1. The van der Waals surface area contributed by atoms with E-state index in [1.807, 2.05) is 49.4 Å². The van der Waals surface area contributed by atoms with E-state index in [9.17, 15) is 31.1 Å². The van der Waals surface area contributed by atoms with Gasteiger partial charge in [0, 0.05) is 17.1 Å². The Hall–Kier alpha value is -3.43. The molecular weight excluding hydrogens is 484 g/mol. The predicted molar refractivity (Wildman–Crippen MR) is 124 cm³/mol. The summed E-state index contributed by atoms with van der Waals surface area (Å²) in [7, 11) is 0. The maximum absolute atomic E-state index is 13.2. The first-order valence-electron chi connectivity index (χ1n) is 11.5. The normalized spacial score (nSPS) is 18.6. The summed E-state index contributed by atoms with van der Waals surface area (Å²) in [5.74, 6) is 0. The number of alkyl halides is 6. The summed E-state index contributed by atoms with van der Waals surface area (Å²) in [6, 6.07) is 13.4. The molecule has 1 heterocycles. The molecule has 192 valence electrons. The molecule has 1 aliphatic rings. The smallest absolute Gasteiger partial charge is 0.340 e. The third kappa shape index (κ3) is 5.68. The van der Waals surface area contributed by atoms with E-state index in [1.54, 1.807) is 0 Å². The quantitative estimate of drug-likeness (QED) is 0.346. The zero-order valence-corrected chi connectivity index (χ0v) is 19.4. The molecule has 3 aromatic rings. The molecule has 0 unspecified atom stereocenters. The summed E-state index contributed by atoms with van der Waals surface area (Å²) < 4.78 is 81.2. The Kier molecular flexibility index (Phi) is 7.06. The number of nitrogens with one attached hydrogen (secondary N) is 2. The van der Waals surface area contributed by atoms with Gasteiger partial charge in [0.05, 0.1) is 23.2 Å². The van der Waals surface area contributed by atoms with Gasteiger partial charge in [-0.15, -0.1) is 0 Å². The maximum Gasteiger partial charge on any atom is 0.416 e. The van der Waals surface area contributed by atoms with Crippen molar-refractivity contribution in [1.29, 1.82) is 0 Å². The van der Waals surface area contributed by atoms with Crippen molar-refractivity contribution in [3.05, 3.63) is 77.5 Å². The van der Waals surface area contributed by atoms with E-state index in [0.29, 0.717) is 18.6 Å².